The monoisotopic (exact) mass is 273 g/mol. The van der Waals surface area contributed by atoms with Gasteiger partial charge < -0.3 is 5.73 Å². The summed E-state index contributed by atoms with van der Waals surface area (Å²) in [6.45, 7) is 3.75. The summed E-state index contributed by atoms with van der Waals surface area (Å²) in [6, 6.07) is 1.29. The minimum absolute atomic E-state index is 0.116. The Labute approximate surface area is 96.8 Å². The fourth-order valence-corrected chi connectivity index (χ4v) is 1.81. The molecule has 0 amide bonds. The Morgan fingerprint density at radius 3 is 2.60 bits per heavy atom. The van der Waals surface area contributed by atoms with Gasteiger partial charge in [0.05, 0.1) is 0 Å². The van der Waals surface area contributed by atoms with Crippen LogP contribution >= 0.6 is 15.9 Å². The zero-order valence-corrected chi connectivity index (χ0v) is 10.3. The predicted molar refractivity (Wildman–Crippen MR) is 61.6 cm³/mol. The van der Waals surface area contributed by atoms with E-state index in [1.165, 1.54) is 6.07 Å². The molecule has 0 heterocycles. The minimum atomic E-state index is -0.368. The molecule has 15 heavy (non-hydrogen) atoms. The maximum atomic E-state index is 13.4. The Hall–Kier alpha value is -0.740. The van der Waals surface area contributed by atoms with E-state index in [0.717, 1.165) is 5.56 Å². The number of hydrogen-bond donors (Lipinski definition) is 1. The molecule has 2 N–H and O–H groups in total. The van der Waals surface area contributed by atoms with Crippen molar-refractivity contribution in [2.24, 2.45) is 5.73 Å². The molecule has 0 saturated carbocycles. The first kappa shape index (κ1) is 12.3. The maximum absolute atomic E-state index is 13.4. The van der Waals surface area contributed by atoms with E-state index >= 15 is 0 Å². The zero-order valence-electron chi connectivity index (χ0n) is 8.73. The highest BCUT2D eigenvalue weighted by Gasteiger charge is 2.15. The molecular weight excluding hydrogens is 261 g/mol. The van der Waals surface area contributed by atoms with Crippen LogP contribution in [0.25, 0.3) is 0 Å². The first-order valence-electron chi connectivity index (χ1n) is 4.67. The fraction of sp³-hybridized carbons (Fsp3) is 0.364. The smallest absolute Gasteiger partial charge is 0.164 e. The quantitative estimate of drug-likeness (QED) is 0.861. The van der Waals surface area contributed by atoms with Crippen LogP contribution in [0.2, 0.25) is 0 Å². The van der Waals surface area contributed by atoms with Crippen LogP contribution in [0.5, 0.6) is 0 Å². The van der Waals surface area contributed by atoms with Crippen LogP contribution in [0.1, 0.15) is 27.9 Å². The van der Waals surface area contributed by atoms with Gasteiger partial charge in [0, 0.05) is 16.5 Å². The van der Waals surface area contributed by atoms with E-state index in [2.05, 4.69) is 15.9 Å². The van der Waals surface area contributed by atoms with Crippen molar-refractivity contribution >= 4 is 21.7 Å². The summed E-state index contributed by atoms with van der Waals surface area (Å²) in [7, 11) is 0. The van der Waals surface area contributed by atoms with Crippen LogP contribution in [0.15, 0.2) is 10.5 Å². The largest absolute Gasteiger partial charge is 0.330 e. The van der Waals surface area contributed by atoms with Crippen LogP contribution in [0, 0.1) is 19.7 Å². The second-order valence-electron chi connectivity index (χ2n) is 3.43. The number of Topliss-reactive ketones (excluding diaryl/α,β-unsaturated/α-hetero) is 1. The Balaban J connectivity index is 3.26. The second-order valence-corrected chi connectivity index (χ2v) is 4.22. The summed E-state index contributed by atoms with van der Waals surface area (Å²) < 4.78 is 14.1. The SMILES string of the molecule is Cc1c(F)cc(C(=O)CCN)c(C)c1Br. The third-order valence-electron chi connectivity index (χ3n) is 2.36. The molecule has 0 aliphatic rings. The van der Waals surface area contributed by atoms with Crippen LogP contribution in [-0.4, -0.2) is 12.3 Å². The molecule has 1 aromatic rings. The molecule has 0 aromatic heterocycles. The molecule has 2 nitrogen and oxygen atoms in total. The normalized spacial score (nSPS) is 10.5. The lowest BCUT2D eigenvalue weighted by atomic mass is 10.00. The van der Waals surface area contributed by atoms with E-state index in [-0.39, 0.29) is 24.6 Å². The number of ketones is 1. The first-order chi connectivity index (χ1) is 6.99. The van der Waals surface area contributed by atoms with Crippen molar-refractivity contribution in [2.45, 2.75) is 20.3 Å². The summed E-state index contributed by atoms with van der Waals surface area (Å²) in [4.78, 5) is 11.6. The third-order valence-corrected chi connectivity index (χ3v) is 3.55. The van der Waals surface area contributed by atoms with Gasteiger partial charge in [-0.15, -0.1) is 0 Å². The molecule has 0 saturated heterocycles. The number of halogens is 2. The molecule has 82 valence electrons. The number of rotatable bonds is 3. The number of nitrogens with two attached hydrogens (primary N) is 1. The summed E-state index contributed by atoms with van der Waals surface area (Å²) in [5.74, 6) is -0.484. The van der Waals surface area contributed by atoms with Crippen molar-refractivity contribution < 1.29 is 9.18 Å². The molecule has 0 spiro atoms. The van der Waals surface area contributed by atoms with Crippen LogP contribution in [-0.2, 0) is 0 Å². The standard InChI is InChI=1S/C11H13BrFNO/c1-6-8(10(15)3-4-14)5-9(13)7(2)11(6)12/h5H,3-4,14H2,1-2H3. The van der Waals surface area contributed by atoms with Gasteiger partial charge in [0.1, 0.15) is 5.82 Å². The molecule has 4 heteroatoms. The minimum Gasteiger partial charge on any atom is -0.330 e. The average molecular weight is 274 g/mol. The molecule has 0 atom stereocenters. The predicted octanol–water partition coefficient (Wildman–Crippen LogP) is 2.74. The number of carbonyl (C=O) groups is 1. The van der Waals surface area contributed by atoms with Gasteiger partial charge in [0.2, 0.25) is 0 Å². The van der Waals surface area contributed by atoms with Crippen molar-refractivity contribution in [3.05, 3.63) is 33.0 Å². The molecule has 0 fully saturated rings. The van der Waals surface area contributed by atoms with Crippen molar-refractivity contribution in [1.29, 1.82) is 0 Å². The van der Waals surface area contributed by atoms with E-state index in [0.29, 0.717) is 15.6 Å². The summed E-state index contributed by atoms with van der Waals surface area (Å²) in [5.41, 5.74) is 7.00. The highest BCUT2D eigenvalue weighted by molar-refractivity contribution is 9.10. The van der Waals surface area contributed by atoms with Gasteiger partial charge in [-0.25, -0.2) is 4.39 Å². The van der Waals surface area contributed by atoms with Crippen molar-refractivity contribution in [3.63, 3.8) is 0 Å². The summed E-state index contributed by atoms with van der Waals surface area (Å²) >= 11 is 3.28. The highest BCUT2D eigenvalue weighted by Crippen LogP contribution is 2.27. The van der Waals surface area contributed by atoms with Crippen molar-refractivity contribution in [1.82, 2.24) is 0 Å². The Morgan fingerprint density at radius 1 is 1.47 bits per heavy atom. The van der Waals surface area contributed by atoms with Crippen LogP contribution in [0.4, 0.5) is 4.39 Å². The van der Waals surface area contributed by atoms with Gasteiger partial charge in [-0.05, 0) is 37.6 Å². The van der Waals surface area contributed by atoms with Gasteiger partial charge >= 0.3 is 0 Å². The van der Waals surface area contributed by atoms with Crippen molar-refractivity contribution in [2.75, 3.05) is 6.54 Å². The Kier molecular flexibility index (Phi) is 3.99. The molecule has 0 aliphatic heterocycles. The molecule has 0 radical (unpaired) electrons. The number of hydrogen-bond acceptors (Lipinski definition) is 2. The van der Waals surface area contributed by atoms with Gasteiger partial charge in [0.15, 0.2) is 5.78 Å². The molecule has 1 rings (SSSR count). The van der Waals surface area contributed by atoms with E-state index in [9.17, 15) is 9.18 Å². The fourth-order valence-electron chi connectivity index (χ4n) is 1.40. The summed E-state index contributed by atoms with van der Waals surface area (Å²) in [6.07, 6.45) is 0.246. The molecule has 0 unspecified atom stereocenters. The van der Waals surface area contributed by atoms with Gasteiger partial charge in [-0.3, -0.25) is 4.79 Å². The lowest BCUT2D eigenvalue weighted by Crippen LogP contribution is -2.10. The third kappa shape index (κ3) is 2.44. The lowest BCUT2D eigenvalue weighted by molar-refractivity contribution is 0.0984. The van der Waals surface area contributed by atoms with Gasteiger partial charge in [-0.2, -0.15) is 0 Å². The number of carbonyl (C=O) groups excluding carboxylic acids is 1. The molecule has 0 aliphatic carbocycles. The second kappa shape index (κ2) is 4.86. The molecular formula is C11H13BrFNO. The summed E-state index contributed by atoms with van der Waals surface area (Å²) in [5, 5.41) is 0. The van der Waals surface area contributed by atoms with E-state index < -0.39 is 0 Å². The van der Waals surface area contributed by atoms with E-state index in [1.807, 2.05) is 0 Å². The van der Waals surface area contributed by atoms with Crippen molar-refractivity contribution in [3.8, 4) is 0 Å². The van der Waals surface area contributed by atoms with Gasteiger partial charge in [0.25, 0.3) is 0 Å². The van der Waals surface area contributed by atoms with E-state index in [1.54, 1.807) is 13.8 Å². The molecule has 0 bridgehead atoms. The zero-order chi connectivity index (χ0) is 11.6. The van der Waals surface area contributed by atoms with E-state index in [4.69, 9.17) is 5.73 Å². The Morgan fingerprint density at radius 2 is 2.07 bits per heavy atom. The topological polar surface area (TPSA) is 43.1 Å². The highest BCUT2D eigenvalue weighted by atomic mass is 79.9. The number of benzene rings is 1. The maximum Gasteiger partial charge on any atom is 0.164 e. The Bertz CT molecular complexity index is 404. The van der Waals surface area contributed by atoms with Gasteiger partial charge in [-0.1, -0.05) is 15.9 Å². The molecule has 1 aromatic carbocycles. The first-order valence-corrected chi connectivity index (χ1v) is 5.46. The van der Waals surface area contributed by atoms with Crippen LogP contribution < -0.4 is 5.73 Å². The van der Waals surface area contributed by atoms with Crippen LogP contribution in [0.3, 0.4) is 0 Å². The average Bonchev–Trinajstić information content (AvgIpc) is 2.20. The lowest BCUT2D eigenvalue weighted by Gasteiger charge is -2.09.